The van der Waals surface area contributed by atoms with Gasteiger partial charge < -0.3 is 23.3 Å². The summed E-state index contributed by atoms with van der Waals surface area (Å²) in [5.41, 5.74) is 0. The molecule has 0 fully saturated rings. The molecule has 0 bridgehead atoms. The molecule has 0 N–H and O–H groups in total. The van der Waals surface area contributed by atoms with Crippen LogP contribution < -0.4 is 44.2 Å². The average molecular weight is 180 g/mol. The largest absolute Gasteiger partial charge is 1.00 e. The van der Waals surface area contributed by atoms with Gasteiger partial charge in [-0.1, -0.05) is 36.4 Å². The van der Waals surface area contributed by atoms with Crippen molar-refractivity contribution in [2.45, 2.75) is 0 Å². The van der Waals surface area contributed by atoms with Crippen LogP contribution in [0.4, 0.5) is 0 Å². The molecule has 0 aliphatic carbocycles. The van der Waals surface area contributed by atoms with E-state index < -0.39 is 8.60 Å². The molecule has 1 aromatic rings. The Hall–Kier alpha value is 0.530. The van der Waals surface area contributed by atoms with Crippen molar-refractivity contribution >= 4 is 8.60 Å². The van der Waals surface area contributed by atoms with E-state index in [1.165, 1.54) is 0 Å². The second kappa shape index (κ2) is 10.5. The fourth-order valence-corrected chi connectivity index (χ4v) is 0.385. The Balaban J connectivity index is 0. The zero-order valence-corrected chi connectivity index (χ0v) is 9.03. The molecule has 0 spiro atoms. The molecule has 0 aliphatic rings. The second-order valence-corrected chi connectivity index (χ2v) is 1.83. The summed E-state index contributed by atoms with van der Waals surface area (Å²) >= 11 is 0. The van der Waals surface area contributed by atoms with E-state index in [4.69, 9.17) is 14.7 Å². The third kappa shape index (κ3) is 18.0. The summed E-state index contributed by atoms with van der Waals surface area (Å²) < 4.78 is 0. The third-order valence-electron chi connectivity index (χ3n) is 0.667. The summed E-state index contributed by atoms with van der Waals surface area (Å²) in [6, 6.07) is 12.0. The monoisotopic (exact) mass is 180 g/mol. The molecule has 11 heavy (non-hydrogen) atoms. The summed E-state index contributed by atoms with van der Waals surface area (Å²) in [4.78, 5) is 25.4. The van der Waals surface area contributed by atoms with Gasteiger partial charge in [0, 0.05) is 0 Å². The van der Waals surface area contributed by atoms with Crippen LogP contribution in [-0.4, -0.2) is 0 Å². The van der Waals surface area contributed by atoms with E-state index in [1.54, 1.807) is 0 Å². The molecular formula is C6H6NaO3P-2. The number of hydrogen-bond donors (Lipinski definition) is 0. The van der Waals surface area contributed by atoms with Crippen LogP contribution in [0.2, 0.25) is 0 Å². The van der Waals surface area contributed by atoms with Crippen molar-refractivity contribution in [2.75, 3.05) is 0 Å². The van der Waals surface area contributed by atoms with Gasteiger partial charge in [-0.25, -0.2) is 0 Å². The van der Waals surface area contributed by atoms with Gasteiger partial charge in [0.05, 0.1) is 0 Å². The van der Waals surface area contributed by atoms with Crippen LogP contribution >= 0.6 is 8.60 Å². The van der Waals surface area contributed by atoms with Gasteiger partial charge in [0.1, 0.15) is 0 Å². The maximum atomic E-state index is 8.48. The first kappa shape index (κ1) is 14.1. The standard InChI is InChI=1S/C6H6.Na.O3P/c1-2-4-6-5-3-1;;1-4(2)3/h1-6H;;/q;+1;-3. The van der Waals surface area contributed by atoms with E-state index in [0.717, 1.165) is 0 Å². The van der Waals surface area contributed by atoms with Gasteiger partial charge in [-0.15, -0.1) is 0 Å². The minimum absolute atomic E-state index is 0. The molecule has 1 aromatic carbocycles. The van der Waals surface area contributed by atoms with Crippen molar-refractivity contribution in [3.63, 3.8) is 0 Å². The Bertz CT molecular complexity index is 118. The van der Waals surface area contributed by atoms with Gasteiger partial charge in [-0.3, -0.25) is 0 Å². The van der Waals surface area contributed by atoms with Crippen molar-refractivity contribution in [1.82, 2.24) is 0 Å². The van der Waals surface area contributed by atoms with Crippen molar-refractivity contribution < 1.29 is 44.2 Å². The Kier molecular flexibility index (Phi) is 13.5. The molecule has 0 amide bonds. The molecule has 5 heteroatoms. The van der Waals surface area contributed by atoms with Crippen molar-refractivity contribution in [3.05, 3.63) is 36.4 Å². The van der Waals surface area contributed by atoms with E-state index in [2.05, 4.69) is 0 Å². The van der Waals surface area contributed by atoms with Gasteiger partial charge in [0.2, 0.25) is 0 Å². The molecule has 0 atom stereocenters. The van der Waals surface area contributed by atoms with E-state index in [9.17, 15) is 0 Å². The van der Waals surface area contributed by atoms with Gasteiger partial charge >= 0.3 is 29.6 Å². The average Bonchev–Trinajstić information content (AvgIpc) is 1.90. The Morgan fingerprint density at radius 3 is 0.818 bits per heavy atom. The summed E-state index contributed by atoms with van der Waals surface area (Å²) in [6.07, 6.45) is 0. The van der Waals surface area contributed by atoms with Crippen molar-refractivity contribution in [3.8, 4) is 0 Å². The molecule has 0 heterocycles. The molecule has 0 radical (unpaired) electrons. The van der Waals surface area contributed by atoms with Crippen LogP contribution in [0.15, 0.2) is 36.4 Å². The molecule has 0 aromatic heterocycles. The fraction of sp³-hybridized carbons (Fsp3) is 0. The molecular weight excluding hydrogens is 174 g/mol. The first-order chi connectivity index (χ1) is 4.73. The molecule has 56 valence electrons. The topological polar surface area (TPSA) is 69.2 Å². The Labute approximate surface area is 89.0 Å². The first-order valence-corrected chi connectivity index (χ1v) is 3.64. The van der Waals surface area contributed by atoms with Crippen LogP contribution in [0.1, 0.15) is 0 Å². The minimum atomic E-state index is -3.37. The van der Waals surface area contributed by atoms with E-state index in [-0.39, 0.29) is 29.6 Å². The maximum Gasteiger partial charge on any atom is 1.00 e. The number of rotatable bonds is 0. The second-order valence-electron chi connectivity index (χ2n) is 1.38. The van der Waals surface area contributed by atoms with Crippen molar-refractivity contribution in [2.24, 2.45) is 0 Å². The number of hydrogen-bond acceptors (Lipinski definition) is 3. The smallest absolute Gasteiger partial charge is 0.854 e. The molecule has 1 rings (SSSR count). The zero-order valence-electron chi connectivity index (χ0n) is 6.14. The van der Waals surface area contributed by atoms with Gasteiger partial charge in [0.15, 0.2) is 0 Å². The van der Waals surface area contributed by atoms with Gasteiger partial charge in [0.25, 0.3) is 0 Å². The first-order valence-electron chi connectivity index (χ1n) is 2.55. The summed E-state index contributed by atoms with van der Waals surface area (Å²) in [5.74, 6) is 0. The SMILES string of the molecule is [Na+].[O-]P([O-])[O-].c1ccccc1. The van der Waals surface area contributed by atoms with E-state index in [1.807, 2.05) is 36.4 Å². The van der Waals surface area contributed by atoms with Crippen LogP contribution in [0, 0.1) is 0 Å². The normalized spacial score (nSPS) is 7.64. The van der Waals surface area contributed by atoms with Crippen LogP contribution in [0.3, 0.4) is 0 Å². The van der Waals surface area contributed by atoms with Crippen LogP contribution in [-0.2, 0) is 0 Å². The Morgan fingerprint density at radius 2 is 0.727 bits per heavy atom. The summed E-state index contributed by atoms with van der Waals surface area (Å²) in [7, 11) is -3.37. The third-order valence-corrected chi connectivity index (χ3v) is 0.667. The molecule has 0 unspecified atom stereocenters. The maximum absolute atomic E-state index is 8.48. The van der Waals surface area contributed by atoms with Crippen LogP contribution in [0.25, 0.3) is 0 Å². The summed E-state index contributed by atoms with van der Waals surface area (Å²) in [5, 5.41) is 0. The predicted molar refractivity (Wildman–Crippen MR) is 33.4 cm³/mol. The van der Waals surface area contributed by atoms with Crippen molar-refractivity contribution in [1.29, 1.82) is 0 Å². The summed E-state index contributed by atoms with van der Waals surface area (Å²) in [6.45, 7) is 0. The predicted octanol–water partition coefficient (Wildman–Crippen LogP) is -4.02. The van der Waals surface area contributed by atoms with E-state index >= 15 is 0 Å². The van der Waals surface area contributed by atoms with Crippen LogP contribution in [0.5, 0.6) is 0 Å². The minimum Gasteiger partial charge on any atom is -0.854 e. The molecule has 0 saturated heterocycles. The molecule has 0 aliphatic heterocycles. The van der Waals surface area contributed by atoms with Gasteiger partial charge in [-0.05, 0) is 0 Å². The molecule has 3 nitrogen and oxygen atoms in total. The van der Waals surface area contributed by atoms with Gasteiger partial charge in [-0.2, -0.15) is 0 Å². The molecule has 0 saturated carbocycles. The zero-order chi connectivity index (χ0) is 7.82. The number of benzene rings is 1. The Morgan fingerprint density at radius 1 is 0.636 bits per heavy atom. The quantitative estimate of drug-likeness (QED) is 0.301. The fourth-order valence-electron chi connectivity index (χ4n) is 0.385. The van der Waals surface area contributed by atoms with E-state index in [0.29, 0.717) is 0 Å².